The van der Waals surface area contributed by atoms with Gasteiger partial charge in [0.25, 0.3) is 5.91 Å². The summed E-state index contributed by atoms with van der Waals surface area (Å²) in [7, 11) is 4.48. The monoisotopic (exact) mass is 439 g/mol. The summed E-state index contributed by atoms with van der Waals surface area (Å²) in [6.07, 6.45) is 2.32. The molecule has 1 atom stereocenters. The number of carbonyl (C=O) groups is 1. The number of hydrogen-bond donors (Lipinski definition) is 4. The fourth-order valence-corrected chi connectivity index (χ4v) is 3.27. The van der Waals surface area contributed by atoms with Gasteiger partial charge >= 0.3 is 0 Å². The normalized spacial score (nSPS) is 15.1. The number of fused-ring (bicyclic) bond motifs is 1. The second-order valence-electron chi connectivity index (χ2n) is 6.62. The molecule has 1 aliphatic heterocycles. The first-order valence-corrected chi connectivity index (χ1v) is 9.47. The number of aliphatic imine (C=N–C) groups is 1. The number of hydrogen-bond acceptors (Lipinski definition) is 8. The molecule has 1 unspecified atom stereocenters. The minimum absolute atomic E-state index is 0.0731. The van der Waals surface area contributed by atoms with E-state index in [2.05, 4.69) is 15.5 Å². The van der Waals surface area contributed by atoms with Gasteiger partial charge in [0.15, 0.2) is 17.5 Å². The summed E-state index contributed by atoms with van der Waals surface area (Å²) in [5.41, 5.74) is 15.8. The smallest absolute Gasteiger partial charge is 0.294 e. The van der Waals surface area contributed by atoms with Gasteiger partial charge < -0.3 is 25.7 Å². The van der Waals surface area contributed by atoms with Crippen LogP contribution in [0.3, 0.4) is 0 Å². The molecule has 2 aromatic carbocycles. The molecule has 0 fully saturated rings. The molecule has 0 aromatic heterocycles. The van der Waals surface area contributed by atoms with E-state index in [0.717, 1.165) is 11.1 Å². The summed E-state index contributed by atoms with van der Waals surface area (Å²) in [5.74, 6) is 6.08. The molecule has 7 N–H and O–H groups in total. The van der Waals surface area contributed by atoms with Gasteiger partial charge in [0.05, 0.1) is 27.5 Å². The summed E-state index contributed by atoms with van der Waals surface area (Å²) in [6.45, 7) is 0. The lowest BCUT2D eigenvalue weighted by Gasteiger charge is -2.31. The Morgan fingerprint density at radius 3 is 2.34 bits per heavy atom. The first kappa shape index (κ1) is 22.6. The van der Waals surface area contributed by atoms with Crippen molar-refractivity contribution in [3.63, 3.8) is 0 Å². The highest BCUT2D eigenvalue weighted by molar-refractivity contribution is 6.01. The van der Waals surface area contributed by atoms with E-state index in [9.17, 15) is 4.79 Å². The lowest BCUT2D eigenvalue weighted by atomic mass is 10.0. The Bertz CT molecular complexity index is 1070. The second-order valence-corrected chi connectivity index (χ2v) is 6.62. The first-order valence-electron chi connectivity index (χ1n) is 9.47. The highest BCUT2D eigenvalue weighted by Gasteiger charge is 2.30. The Morgan fingerprint density at radius 1 is 1.12 bits per heavy atom. The number of amides is 1. The van der Waals surface area contributed by atoms with Gasteiger partial charge in [-0.2, -0.15) is 5.10 Å². The molecule has 3 rings (SSSR count). The zero-order valence-corrected chi connectivity index (χ0v) is 17.9. The van der Waals surface area contributed by atoms with Crippen molar-refractivity contribution in [3.05, 3.63) is 58.8 Å². The highest BCUT2D eigenvalue weighted by atomic mass is 16.5. The Balaban J connectivity index is 2.07. The molecule has 0 radical (unpaired) electrons. The number of rotatable bonds is 7. The van der Waals surface area contributed by atoms with Crippen molar-refractivity contribution in [3.8, 4) is 17.2 Å². The highest BCUT2D eigenvalue weighted by Crippen LogP contribution is 2.39. The molecular weight excluding hydrogens is 414 g/mol. The largest absolute Gasteiger partial charge is 0.493 e. The molecule has 1 amide bonds. The number of methoxy groups -OCH3 is 3. The lowest BCUT2D eigenvalue weighted by Crippen LogP contribution is -2.44. The van der Waals surface area contributed by atoms with E-state index in [1.165, 1.54) is 32.4 Å². The van der Waals surface area contributed by atoms with Crippen LogP contribution in [0.4, 0.5) is 0 Å². The van der Waals surface area contributed by atoms with Crippen LogP contribution in [0, 0.1) is 0 Å². The summed E-state index contributed by atoms with van der Waals surface area (Å²) >= 11 is 0. The third-order valence-corrected chi connectivity index (χ3v) is 4.68. The van der Waals surface area contributed by atoms with E-state index in [-0.39, 0.29) is 11.7 Å². The molecule has 0 saturated heterocycles. The van der Waals surface area contributed by atoms with E-state index in [1.807, 2.05) is 24.3 Å². The zero-order valence-electron chi connectivity index (χ0n) is 17.9. The zero-order chi connectivity index (χ0) is 23.3. The SMILES string of the molecule is COc1cc(C=C(N=C(N)N)C(=O)N2N=Cc3ccccc3C2NN)cc(OC)c1OC. The van der Waals surface area contributed by atoms with Crippen LogP contribution in [0.15, 0.2) is 52.2 Å². The second kappa shape index (κ2) is 9.81. The third kappa shape index (κ3) is 4.48. The summed E-state index contributed by atoms with van der Waals surface area (Å²) in [4.78, 5) is 17.4. The van der Waals surface area contributed by atoms with Gasteiger partial charge in [-0.05, 0) is 23.8 Å². The van der Waals surface area contributed by atoms with Gasteiger partial charge in [0, 0.05) is 11.1 Å². The van der Waals surface area contributed by atoms with Crippen molar-refractivity contribution in [1.29, 1.82) is 0 Å². The van der Waals surface area contributed by atoms with E-state index in [1.54, 1.807) is 18.3 Å². The number of ether oxygens (including phenoxy) is 3. The van der Waals surface area contributed by atoms with E-state index < -0.39 is 12.1 Å². The molecule has 11 nitrogen and oxygen atoms in total. The van der Waals surface area contributed by atoms with E-state index in [0.29, 0.717) is 22.8 Å². The molecule has 1 heterocycles. The predicted octanol–water partition coefficient (Wildman–Crippen LogP) is 0.665. The number of benzene rings is 2. The van der Waals surface area contributed by atoms with Gasteiger partial charge in [0.1, 0.15) is 11.9 Å². The molecule has 1 aliphatic rings. The molecular formula is C21H25N7O4. The van der Waals surface area contributed by atoms with Gasteiger partial charge in [-0.3, -0.25) is 10.6 Å². The molecule has 0 spiro atoms. The molecule has 0 bridgehead atoms. The lowest BCUT2D eigenvalue weighted by molar-refractivity contribution is -0.130. The minimum Gasteiger partial charge on any atom is -0.493 e. The van der Waals surface area contributed by atoms with Crippen LogP contribution in [-0.2, 0) is 4.79 Å². The number of hydrazine groups is 1. The van der Waals surface area contributed by atoms with E-state index in [4.69, 9.17) is 31.5 Å². The van der Waals surface area contributed by atoms with Crippen LogP contribution in [0.5, 0.6) is 17.2 Å². The summed E-state index contributed by atoms with van der Waals surface area (Å²) in [6, 6.07) is 10.7. The topological polar surface area (TPSA) is 163 Å². The van der Waals surface area contributed by atoms with Gasteiger partial charge in [-0.25, -0.2) is 15.4 Å². The predicted molar refractivity (Wildman–Crippen MR) is 121 cm³/mol. The van der Waals surface area contributed by atoms with Crippen LogP contribution < -0.4 is 36.9 Å². The Hall–Kier alpha value is -4.09. The molecule has 11 heteroatoms. The molecule has 32 heavy (non-hydrogen) atoms. The van der Waals surface area contributed by atoms with Crippen molar-refractivity contribution in [1.82, 2.24) is 10.4 Å². The quantitative estimate of drug-likeness (QED) is 0.161. The maximum Gasteiger partial charge on any atom is 0.294 e. The standard InChI is InChI=1S/C21H25N7O4/c1-30-16-9-12(10-17(31-2)18(16)32-3)8-15(26-21(22)23)20(29)28-19(27-24)14-7-5-4-6-13(14)11-25-28/h4-11,19,27H,24H2,1-3H3,(H4,22,23,26). The first-order chi connectivity index (χ1) is 15.4. The van der Waals surface area contributed by atoms with Crippen LogP contribution in [0.25, 0.3) is 6.08 Å². The Labute approximate surface area is 185 Å². The van der Waals surface area contributed by atoms with Crippen molar-refractivity contribution < 1.29 is 19.0 Å². The van der Waals surface area contributed by atoms with Crippen molar-refractivity contribution >= 4 is 24.2 Å². The maximum absolute atomic E-state index is 13.4. The van der Waals surface area contributed by atoms with Crippen LogP contribution in [0.2, 0.25) is 0 Å². The molecule has 0 saturated carbocycles. The summed E-state index contributed by atoms with van der Waals surface area (Å²) in [5, 5.41) is 5.41. The summed E-state index contributed by atoms with van der Waals surface area (Å²) < 4.78 is 16.1. The van der Waals surface area contributed by atoms with Gasteiger partial charge in [0.2, 0.25) is 5.75 Å². The number of carbonyl (C=O) groups excluding carboxylic acids is 1. The average Bonchev–Trinajstić information content (AvgIpc) is 2.81. The van der Waals surface area contributed by atoms with Crippen molar-refractivity contribution in [2.45, 2.75) is 6.17 Å². The average molecular weight is 439 g/mol. The third-order valence-electron chi connectivity index (χ3n) is 4.68. The fraction of sp³-hybridized carbons (Fsp3) is 0.190. The Morgan fingerprint density at radius 2 is 1.78 bits per heavy atom. The number of nitrogens with zero attached hydrogens (tertiary/aromatic N) is 3. The fourth-order valence-electron chi connectivity index (χ4n) is 3.27. The number of nitrogens with one attached hydrogen (secondary N) is 1. The van der Waals surface area contributed by atoms with Crippen LogP contribution in [-0.4, -0.2) is 44.4 Å². The van der Waals surface area contributed by atoms with Crippen LogP contribution in [0.1, 0.15) is 22.9 Å². The van der Waals surface area contributed by atoms with Crippen molar-refractivity contribution in [2.75, 3.05) is 21.3 Å². The molecule has 0 aliphatic carbocycles. The van der Waals surface area contributed by atoms with Crippen molar-refractivity contribution in [2.24, 2.45) is 27.4 Å². The number of hydrazone groups is 1. The number of guanidine groups is 1. The minimum atomic E-state index is -0.721. The van der Waals surface area contributed by atoms with Crippen LogP contribution >= 0.6 is 0 Å². The van der Waals surface area contributed by atoms with E-state index >= 15 is 0 Å². The Kier molecular flexibility index (Phi) is 6.93. The van der Waals surface area contributed by atoms with Gasteiger partial charge in [-0.1, -0.05) is 24.3 Å². The molecule has 168 valence electrons. The maximum atomic E-state index is 13.4. The molecule has 2 aromatic rings. The van der Waals surface area contributed by atoms with Gasteiger partial charge in [-0.15, -0.1) is 0 Å². The number of nitrogens with two attached hydrogens (primary N) is 3.